The van der Waals surface area contributed by atoms with Gasteiger partial charge >= 0.3 is 0 Å². The Bertz CT molecular complexity index is 1040. The number of benzene rings is 2. The van der Waals surface area contributed by atoms with E-state index in [1.165, 1.54) is 0 Å². The lowest BCUT2D eigenvalue weighted by atomic mass is 9.96. The van der Waals surface area contributed by atoms with E-state index < -0.39 is 0 Å². The molecule has 26 heavy (non-hydrogen) atoms. The summed E-state index contributed by atoms with van der Waals surface area (Å²) in [4.78, 5) is 9.37. The van der Waals surface area contributed by atoms with Crippen molar-refractivity contribution in [3.63, 3.8) is 0 Å². The molecule has 0 saturated heterocycles. The summed E-state index contributed by atoms with van der Waals surface area (Å²) in [5.74, 6) is 0. The molecule has 4 heteroatoms. The monoisotopic (exact) mass is 340 g/mol. The van der Waals surface area contributed by atoms with Crippen LogP contribution in [0.5, 0.6) is 0 Å². The third kappa shape index (κ3) is 2.96. The Morgan fingerprint density at radius 1 is 0.769 bits per heavy atom. The Morgan fingerprint density at radius 2 is 1.54 bits per heavy atom. The van der Waals surface area contributed by atoms with Crippen molar-refractivity contribution in [3.05, 3.63) is 84.2 Å². The number of aromatic nitrogens is 2. The molecule has 0 unspecified atom stereocenters. The first-order chi connectivity index (χ1) is 12.8. The van der Waals surface area contributed by atoms with Gasteiger partial charge in [-0.25, -0.2) is 4.98 Å². The van der Waals surface area contributed by atoms with Crippen LogP contribution >= 0.6 is 0 Å². The molecule has 0 aliphatic carbocycles. The van der Waals surface area contributed by atoms with Crippen LogP contribution in [-0.4, -0.2) is 9.97 Å². The minimum Gasteiger partial charge on any atom is -0.326 e. The SMILES string of the molecule is NCc1ccc(-c2nc3ccnc(CN)c3cc2-c2ccccc2)cc1. The molecule has 4 nitrogen and oxygen atoms in total. The zero-order valence-electron chi connectivity index (χ0n) is 14.4. The molecule has 2 aromatic carbocycles. The molecule has 0 aliphatic heterocycles. The largest absolute Gasteiger partial charge is 0.326 e. The van der Waals surface area contributed by atoms with Gasteiger partial charge in [0, 0.05) is 35.8 Å². The summed E-state index contributed by atoms with van der Waals surface area (Å²) < 4.78 is 0. The van der Waals surface area contributed by atoms with Crippen LogP contribution in [0.4, 0.5) is 0 Å². The van der Waals surface area contributed by atoms with E-state index in [0.717, 1.165) is 44.5 Å². The normalized spacial score (nSPS) is 11.0. The molecular weight excluding hydrogens is 320 g/mol. The summed E-state index contributed by atoms with van der Waals surface area (Å²) in [6.07, 6.45) is 1.76. The third-order valence-electron chi connectivity index (χ3n) is 4.57. The lowest BCUT2D eigenvalue weighted by Crippen LogP contribution is -2.02. The number of nitrogens with zero attached hydrogens (tertiary/aromatic N) is 2. The summed E-state index contributed by atoms with van der Waals surface area (Å²) in [6, 6.07) is 22.6. The maximum absolute atomic E-state index is 5.88. The van der Waals surface area contributed by atoms with Crippen LogP contribution in [0.1, 0.15) is 11.3 Å². The average Bonchev–Trinajstić information content (AvgIpc) is 2.73. The van der Waals surface area contributed by atoms with Crippen molar-refractivity contribution in [3.8, 4) is 22.4 Å². The number of hydrogen-bond donors (Lipinski definition) is 2. The van der Waals surface area contributed by atoms with E-state index >= 15 is 0 Å². The first-order valence-corrected chi connectivity index (χ1v) is 8.63. The van der Waals surface area contributed by atoms with Gasteiger partial charge in [0.05, 0.1) is 16.9 Å². The highest BCUT2D eigenvalue weighted by Gasteiger charge is 2.13. The van der Waals surface area contributed by atoms with Crippen LogP contribution in [0.3, 0.4) is 0 Å². The van der Waals surface area contributed by atoms with Crippen molar-refractivity contribution >= 4 is 10.9 Å². The van der Waals surface area contributed by atoms with Crippen LogP contribution in [0.25, 0.3) is 33.3 Å². The van der Waals surface area contributed by atoms with Gasteiger partial charge in [0.2, 0.25) is 0 Å². The van der Waals surface area contributed by atoms with E-state index in [9.17, 15) is 0 Å². The third-order valence-corrected chi connectivity index (χ3v) is 4.57. The predicted molar refractivity (Wildman–Crippen MR) is 106 cm³/mol. The molecular formula is C22H20N4. The van der Waals surface area contributed by atoms with Crippen molar-refractivity contribution in [2.75, 3.05) is 0 Å². The van der Waals surface area contributed by atoms with Crippen molar-refractivity contribution in [2.45, 2.75) is 13.1 Å². The average molecular weight is 340 g/mol. The van der Waals surface area contributed by atoms with Crippen molar-refractivity contribution in [1.82, 2.24) is 9.97 Å². The van der Waals surface area contributed by atoms with Crippen LogP contribution in [0.15, 0.2) is 72.9 Å². The standard InChI is InChI=1S/C22H20N4/c23-13-15-6-8-17(9-7-15)22-18(16-4-2-1-3-5-16)12-19-20(26-22)10-11-25-21(19)14-24/h1-12H,13-14,23-24H2. The molecule has 0 spiro atoms. The van der Waals surface area contributed by atoms with Gasteiger partial charge in [-0.05, 0) is 23.3 Å². The topological polar surface area (TPSA) is 77.8 Å². The lowest BCUT2D eigenvalue weighted by molar-refractivity contribution is 1.01. The molecule has 0 radical (unpaired) electrons. The fraction of sp³-hybridized carbons (Fsp3) is 0.0909. The van der Waals surface area contributed by atoms with E-state index in [2.05, 4.69) is 35.3 Å². The van der Waals surface area contributed by atoms with Crippen molar-refractivity contribution in [1.29, 1.82) is 0 Å². The maximum atomic E-state index is 5.88. The van der Waals surface area contributed by atoms with Gasteiger partial charge in [-0.1, -0.05) is 54.6 Å². The fourth-order valence-corrected chi connectivity index (χ4v) is 3.17. The van der Waals surface area contributed by atoms with E-state index in [4.69, 9.17) is 16.5 Å². The van der Waals surface area contributed by atoms with E-state index in [1.807, 2.05) is 36.4 Å². The summed E-state index contributed by atoms with van der Waals surface area (Å²) in [5.41, 5.74) is 18.7. The van der Waals surface area contributed by atoms with E-state index in [0.29, 0.717) is 13.1 Å². The molecule has 4 rings (SSSR count). The molecule has 0 aliphatic rings. The van der Waals surface area contributed by atoms with Crippen LogP contribution < -0.4 is 11.5 Å². The van der Waals surface area contributed by atoms with Gasteiger partial charge in [-0.2, -0.15) is 0 Å². The Labute approximate surface area is 152 Å². The van der Waals surface area contributed by atoms with Crippen molar-refractivity contribution < 1.29 is 0 Å². The molecule has 0 amide bonds. The predicted octanol–water partition coefficient (Wildman–Crippen LogP) is 3.88. The second kappa shape index (κ2) is 7.04. The smallest absolute Gasteiger partial charge is 0.0788 e. The summed E-state index contributed by atoms with van der Waals surface area (Å²) in [7, 11) is 0. The quantitative estimate of drug-likeness (QED) is 0.591. The highest BCUT2D eigenvalue weighted by molar-refractivity contribution is 5.92. The number of pyridine rings is 2. The summed E-state index contributed by atoms with van der Waals surface area (Å²) >= 11 is 0. The van der Waals surface area contributed by atoms with E-state index in [1.54, 1.807) is 6.20 Å². The number of rotatable bonds is 4. The fourth-order valence-electron chi connectivity index (χ4n) is 3.17. The first kappa shape index (κ1) is 16.4. The minimum atomic E-state index is 0.387. The molecule has 4 aromatic rings. The van der Waals surface area contributed by atoms with Gasteiger partial charge < -0.3 is 11.5 Å². The highest BCUT2D eigenvalue weighted by atomic mass is 14.8. The Morgan fingerprint density at radius 3 is 2.23 bits per heavy atom. The maximum Gasteiger partial charge on any atom is 0.0788 e. The number of fused-ring (bicyclic) bond motifs is 1. The molecule has 4 N–H and O–H groups in total. The second-order valence-electron chi connectivity index (χ2n) is 6.18. The zero-order valence-corrected chi connectivity index (χ0v) is 14.4. The zero-order chi connectivity index (χ0) is 17.9. The van der Waals surface area contributed by atoms with Gasteiger partial charge in [0.15, 0.2) is 0 Å². The molecule has 2 aromatic heterocycles. The molecule has 0 bridgehead atoms. The highest BCUT2D eigenvalue weighted by Crippen LogP contribution is 2.34. The summed E-state index contributed by atoms with van der Waals surface area (Å²) in [6.45, 7) is 0.917. The second-order valence-corrected chi connectivity index (χ2v) is 6.18. The lowest BCUT2D eigenvalue weighted by Gasteiger charge is -2.13. The van der Waals surface area contributed by atoms with Gasteiger partial charge in [0.25, 0.3) is 0 Å². The summed E-state index contributed by atoms with van der Waals surface area (Å²) in [5, 5.41) is 0.996. The number of nitrogens with two attached hydrogens (primary N) is 2. The van der Waals surface area contributed by atoms with Gasteiger partial charge in [-0.15, -0.1) is 0 Å². The first-order valence-electron chi connectivity index (χ1n) is 8.63. The number of hydrogen-bond acceptors (Lipinski definition) is 4. The van der Waals surface area contributed by atoms with Crippen LogP contribution in [0, 0.1) is 0 Å². The minimum absolute atomic E-state index is 0.387. The Kier molecular flexibility index (Phi) is 4.44. The van der Waals surface area contributed by atoms with Crippen LogP contribution in [0.2, 0.25) is 0 Å². The van der Waals surface area contributed by atoms with E-state index in [-0.39, 0.29) is 0 Å². The molecule has 2 heterocycles. The molecule has 0 atom stereocenters. The molecule has 0 fully saturated rings. The van der Waals surface area contributed by atoms with Gasteiger partial charge in [0.1, 0.15) is 0 Å². The molecule has 0 saturated carbocycles. The molecule has 128 valence electrons. The Hall–Kier alpha value is -3.08. The van der Waals surface area contributed by atoms with Gasteiger partial charge in [-0.3, -0.25) is 4.98 Å². The van der Waals surface area contributed by atoms with Crippen molar-refractivity contribution in [2.24, 2.45) is 11.5 Å². The van der Waals surface area contributed by atoms with Crippen LogP contribution in [-0.2, 0) is 13.1 Å². The Balaban J connectivity index is 2.00.